The summed E-state index contributed by atoms with van der Waals surface area (Å²) in [5, 5.41) is 22.2. The number of pyridine rings is 2. The molecule has 0 aliphatic carbocycles. The van der Waals surface area contributed by atoms with Crippen LogP contribution in [0.5, 0.6) is 0 Å². The molecule has 0 aliphatic rings. The molecule has 298 valence electrons. The summed E-state index contributed by atoms with van der Waals surface area (Å²) in [4.78, 5) is 60.6. The number of hydrogen-bond donors (Lipinski definition) is 3. The number of benzene rings is 2. The number of esters is 1. The molecule has 17 heteroatoms. The highest BCUT2D eigenvalue weighted by Gasteiger charge is 2.25. The van der Waals surface area contributed by atoms with Crippen LogP contribution < -0.4 is 20.9 Å². The number of rotatable bonds is 9. The van der Waals surface area contributed by atoms with Gasteiger partial charge >= 0.3 is 12.1 Å². The Morgan fingerprint density at radius 1 is 0.789 bits per heavy atom. The Bertz CT molecular complexity index is 2450. The number of carbonyl (C=O) groups is 4. The molecule has 17 nitrogen and oxygen atoms in total. The number of aromatic nitrogens is 6. The quantitative estimate of drug-likeness (QED) is 0.161. The zero-order chi connectivity index (χ0) is 41.6. The van der Waals surface area contributed by atoms with Gasteiger partial charge < -0.3 is 30.1 Å². The van der Waals surface area contributed by atoms with Crippen LogP contribution in [0.25, 0.3) is 21.8 Å². The number of aliphatic hydroxyl groups is 1. The van der Waals surface area contributed by atoms with Crippen LogP contribution in [0.4, 0.5) is 27.8 Å². The number of ether oxygens (including phenoxy) is 2. The van der Waals surface area contributed by atoms with Crippen molar-refractivity contribution in [2.24, 2.45) is 14.1 Å². The molecule has 0 spiro atoms. The molecule has 0 atom stereocenters. The van der Waals surface area contributed by atoms with E-state index in [1.165, 1.54) is 30.5 Å². The maximum absolute atomic E-state index is 12.4. The summed E-state index contributed by atoms with van der Waals surface area (Å²) in [7, 11) is 4.67. The lowest BCUT2D eigenvalue weighted by Crippen LogP contribution is -2.29. The van der Waals surface area contributed by atoms with Crippen LogP contribution in [0.1, 0.15) is 61.9 Å². The molecule has 4 aromatic heterocycles. The summed E-state index contributed by atoms with van der Waals surface area (Å²) in [6.07, 6.45) is 2.72. The van der Waals surface area contributed by atoms with Gasteiger partial charge in [-0.1, -0.05) is 24.3 Å². The fraction of sp³-hybridized carbons (Fsp3) is 0.300. The Hall–Kier alpha value is -6.88. The van der Waals surface area contributed by atoms with Gasteiger partial charge in [0, 0.05) is 51.1 Å². The fourth-order valence-electron chi connectivity index (χ4n) is 5.89. The molecule has 6 rings (SSSR count). The molecule has 3 amide bonds. The number of anilines is 4. The van der Waals surface area contributed by atoms with Crippen LogP contribution in [0.2, 0.25) is 0 Å². The van der Waals surface area contributed by atoms with Gasteiger partial charge in [0.2, 0.25) is 11.8 Å². The Balaban J connectivity index is 0.000000228. The van der Waals surface area contributed by atoms with Crippen molar-refractivity contribution in [2.45, 2.75) is 59.9 Å². The summed E-state index contributed by atoms with van der Waals surface area (Å²) < 4.78 is 13.1. The Labute approximate surface area is 329 Å². The minimum absolute atomic E-state index is 0.0537. The van der Waals surface area contributed by atoms with Crippen LogP contribution in [0.3, 0.4) is 0 Å². The molecule has 4 N–H and O–H groups in total. The molecule has 0 saturated carbocycles. The molecule has 4 heterocycles. The lowest BCUT2D eigenvalue weighted by Gasteiger charge is -2.21. The Morgan fingerprint density at radius 3 is 1.88 bits per heavy atom. The summed E-state index contributed by atoms with van der Waals surface area (Å²) in [6, 6.07) is 18.6. The number of nitrogens with zero attached hydrogens (tertiary/aromatic N) is 8. The van der Waals surface area contributed by atoms with Crippen LogP contribution in [-0.2, 0) is 52.9 Å². The second-order valence-corrected chi connectivity index (χ2v) is 14.1. The first-order valence-corrected chi connectivity index (χ1v) is 17.8. The van der Waals surface area contributed by atoms with E-state index in [1.54, 1.807) is 69.0 Å². The zero-order valence-corrected chi connectivity index (χ0v) is 33.1. The second kappa shape index (κ2) is 17.3. The monoisotopic (exact) mass is 778 g/mol. The number of nitrogens with one attached hydrogen (secondary N) is 1. The van der Waals surface area contributed by atoms with E-state index in [0.29, 0.717) is 40.8 Å². The van der Waals surface area contributed by atoms with Crippen molar-refractivity contribution in [2.75, 3.05) is 28.0 Å². The molecule has 2 aromatic carbocycles. The molecule has 6 aromatic rings. The van der Waals surface area contributed by atoms with Crippen molar-refractivity contribution < 1.29 is 33.8 Å². The first-order chi connectivity index (χ1) is 26.9. The first-order valence-electron chi connectivity index (χ1n) is 17.8. The number of aliphatic hydroxyl groups excluding tert-OH is 1. The smallest absolute Gasteiger partial charge is 0.413 e. The number of fused-ring (bicyclic) bond motifs is 2. The normalized spacial score (nSPS) is 11.1. The van der Waals surface area contributed by atoms with E-state index in [2.05, 4.69) is 25.5 Å². The molecule has 0 aliphatic heterocycles. The Morgan fingerprint density at radius 2 is 1.32 bits per heavy atom. The highest BCUT2D eigenvalue weighted by Crippen LogP contribution is 2.26. The van der Waals surface area contributed by atoms with Gasteiger partial charge in [-0.3, -0.25) is 24.3 Å². The number of hydrogen-bond acceptors (Lipinski definition) is 12. The number of nitrogen functional groups attached to an aromatic ring is 1. The zero-order valence-electron chi connectivity index (χ0n) is 33.1. The minimum atomic E-state index is -0.630. The van der Waals surface area contributed by atoms with Gasteiger partial charge in [0.1, 0.15) is 22.9 Å². The number of amides is 3. The molecule has 0 fully saturated rings. The largest absolute Gasteiger partial charge is 0.464 e. The lowest BCUT2D eigenvalue weighted by molar-refractivity contribution is -0.117. The summed E-state index contributed by atoms with van der Waals surface area (Å²) in [6.45, 7) is 8.56. The van der Waals surface area contributed by atoms with Crippen LogP contribution in [0.15, 0.2) is 73.1 Å². The predicted molar refractivity (Wildman–Crippen MR) is 215 cm³/mol. The Kier molecular flexibility index (Phi) is 12.5. The predicted octanol–water partition coefficient (Wildman–Crippen LogP) is 5.25. The number of carbonyl (C=O) groups excluding carboxylic acids is 4. The lowest BCUT2D eigenvalue weighted by atomic mass is 10.1. The van der Waals surface area contributed by atoms with Crippen molar-refractivity contribution in [1.82, 2.24) is 29.5 Å². The first kappa shape index (κ1) is 41.3. The van der Waals surface area contributed by atoms with E-state index in [0.717, 1.165) is 27.4 Å². The van der Waals surface area contributed by atoms with E-state index in [4.69, 9.17) is 15.2 Å². The van der Waals surface area contributed by atoms with Gasteiger partial charge in [0.05, 0.1) is 49.2 Å². The van der Waals surface area contributed by atoms with Crippen molar-refractivity contribution in [3.63, 3.8) is 0 Å². The van der Waals surface area contributed by atoms with Crippen LogP contribution in [0, 0.1) is 0 Å². The number of methoxy groups -OCH3 is 1. The standard InChI is InChI=1S/C23H27N5O5.C17H19N5O2/c1-14(29)28(18-13-27(5)26-20(18)21(30)32-6)12-15-7-8-16-9-10-19(24-17(16)11-15)25-22(31)33-23(2,3)4;1-11(24)22(16-9-21(2)20-15(16)10-23)8-12-3-4-13-5-6-17(18)19-14(13)7-12/h7-11,13H,12H2,1-6H3,(H,24,25,31);3-7,9,23H,8,10H2,1-2H3,(H2,18,19). The van der Waals surface area contributed by atoms with Crippen molar-refractivity contribution in [3.05, 3.63) is 95.6 Å². The van der Waals surface area contributed by atoms with E-state index in [9.17, 15) is 24.3 Å². The summed E-state index contributed by atoms with van der Waals surface area (Å²) >= 11 is 0. The molecule has 0 radical (unpaired) electrons. The third kappa shape index (κ3) is 10.5. The van der Waals surface area contributed by atoms with Gasteiger partial charge in [-0.05, 0) is 68.3 Å². The summed E-state index contributed by atoms with van der Waals surface area (Å²) in [5.41, 5.74) is 9.70. The van der Waals surface area contributed by atoms with E-state index < -0.39 is 17.7 Å². The SMILES string of the molecule is CC(=O)N(Cc1ccc2ccc(N)nc2c1)c1cn(C)nc1CO.COC(=O)c1nn(C)cc1N(Cc1ccc2ccc(NC(=O)OC(C)(C)C)nc2c1)C(C)=O. The minimum Gasteiger partial charge on any atom is -0.464 e. The van der Waals surface area contributed by atoms with Crippen molar-refractivity contribution in [3.8, 4) is 0 Å². The van der Waals surface area contributed by atoms with E-state index >= 15 is 0 Å². The maximum Gasteiger partial charge on any atom is 0.413 e. The average molecular weight is 779 g/mol. The molecule has 57 heavy (non-hydrogen) atoms. The highest BCUT2D eigenvalue weighted by atomic mass is 16.6. The van der Waals surface area contributed by atoms with Gasteiger partial charge in [0.25, 0.3) is 0 Å². The van der Waals surface area contributed by atoms with Gasteiger partial charge in [-0.15, -0.1) is 0 Å². The molecular weight excluding hydrogens is 733 g/mol. The van der Waals surface area contributed by atoms with Crippen LogP contribution >= 0.6 is 0 Å². The molecule has 0 unspecified atom stereocenters. The van der Waals surface area contributed by atoms with E-state index in [1.807, 2.05) is 48.5 Å². The van der Waals surface area contributed by atoms with E-state index in [-0.39, 0.29) is 30.7 Å². The topological polar surface area (TPSA) is 213 Å². The maximum atomic E-state index is 12.4. The van der Waals surface area contributed by atoms with Gasteiger partial charge in [-0.25, -0.2) is 19.6 Å². The summed E-state index contributed by atoms with van der Waals surface area (Å²) in [5.74, 6) is -0.217. The molecular formula is C40H46N10O7. The van der Waals surface area contributed by atoms with Crippen LogP contribution in [-0.4, -0.2) is 71.2 Å². The van der Waals surface area contributed by atoms with Crippen molar-refractivity contribution in [1.29, 1.82) is 0 Å². The van der Waals surface area contributed by atoms with Gasteiger partial charge in [0.15, 0.2) is 5.69 Å². The molecule has 0 bridgehead atoms. The molecule has 0 saturated heterocycles. The third-order valence-electron chi connectivity index (χ3n) is 8.41. The third-order valence-corrected chi connectivity index (χ3v) is 8.41. The van der Waals surface area contributed by atoms with Crippen molar-refractivity contribution >= 4 is 68.7 Å². The average Bonchev–Trinajstić information content (AvgIpc) is 3.72. The number of nitrogens with two attached hydrogens (primary N) is 1. The highest BCUT2D eigenvalue weighted by molar-refractivity contribution is 6.00. The van der Waals surface area contributed by atoms with Gasteiger partial charge in [-0.2, -0.15) is 10.2 Å². The fourth-order valence-corrected chi connectivity index (χ4v) is 5.89. The second-order valence-electron chi connectivity index (χ2n) is 14.1. The number of aryl methyl sites for hydroxylation is 2.